The van der Waals surface area contributed by atoms with E-state index >= 15 is 0 Å². The van der Waals surface area contributed by atoms with Gasteiger partial charge >= 0.3 is 0 Å². The van der Waals surface area contributed by atoms with Gasteiger partial charge in [-0.15, -0.1) is 0 Å². The number of halogens is 3. The second-order valence-corrected chi connectivity index (χ2v) is 29.2. The van der Waals surface area contributed by atoms with Crippen LogP contribution in [0.1, 0.15) is 61.5 Å². The van der Waals surface area contributed by atoms with Crippen LogP contribution in [0.15, 0.2) is 165 Å². The van der Waals surface area contributed by atoms with Crippen LogP contribution in [0.25, 0.3) is 89.2 Å². The van der Waals surface area contributed by atoms with Crippen LogP contribution < -0.4 is 42.4 Å². The first-order chi connectivity index (χ1) is 53.3. The molecule has 1 unspecified atom stereocenters. The van der Waals surface area contributed by atoms with E-state index in [1.807, 2.05) is 99.0 Å². The van der Waals surface area contributed by atoms with Crippen molar-refractivity contribution in [1.29, 1.82) is 0 Å². The number of nitrogen functional groups attached to an aromatic ring is 1. The van der Waals surface area contributed by atoms with Crippen LogP contribution in [0.4, 0.5) is 36.6 Å². The Kier molecular flexibility index (Phi) is 17.4. The van der Waals surface area contributed by atoms with Crippen molar-refractivity contribution in [2.24, 2.45) is 52.7 Å². The first-order valence-corrected chi connectivity index (χ1v) is 37.1. The van der Waals surface area contributed by atoms with Crippen molar-refractivity contribution in [2.45, 2.75) is 55.5 Å². The van der Waals surface area contributed by atoms with Gasteiger partial charge < -0.3 is 47.1 Å². The summed E-state index contributed by atoms with van der Waals surface area (Å²) < 4.78 is 55.4. The van der Waals surface area contributed by atoms with E-state index in [0.29, 0.717) is 88.9 Å². The number of anilines is 4. The summed E-state index contributed by atoms with van der Waals surface area (Å²) in [5.74, 6) is 4.75. The average molecular weight is 1460 g/mol. The molecule has 0 spiro atoms. The van der Waals surface area contributed by atoms with Gasteiger partial charge in [-0.25, -0.2) is 53.0 Å². The van der Waals surface area contributed by atoms with Crippen LogP contribution >= 0.6 is 0 Å². The van der Waals surface area contributed by atoms with E-state index < -0.39 is 0 Å². The predicted octanol–water partition coefficient (Wildman–Crippen LogP) is 11.1. The van der Waals surface area contributed by atoms with Crippen LogP contribution in [0.3, 0.4) is 0 Å². The number of methoxy groups -OCH3 is 1. The van der Waals surface area contributed by atoms with Gasteiger partial charge in [-0.2, -0.15) is 15.3 Å². The maximum atomic E-state index is 14.8. The summed E-state index contributed by atoms with van der Waals surface area (Å²) in [6, 6.07) is 38.8. The summed E-state index contributed by atoms with van der Waals surface area (Å²) in [5.41, 5.74) is 36.9. The monoisotopic (exact) mass is 1460 g/mol. The van der Waals surface area contributed by atoms with Gasteiger partial charge in [0, 0.05) is 128 Å². The lowest BCUT2D eigenvalue weighted by Gasteiger charge is -2.26. The van der Waals surface area contributed by atoms with E-state index in [2.05, 4.69) is 82.3 Å². The standard InChI is InChI=1S/C30H30FN7O.C29H28FN7O.C22H22FN9/c1-17(39-2)18-9-10-20(19-6-5-12-33-26(18)19)27-28-29(37-36-27)35-25(14-34-28)38-13-11-21-23(15-38)30(21,16-32)22-7-3-4-8-24(22)31;1-2-38-23-10-9-18(17-6-5-12-32-25(17)23)26-27-28(36-35-26)34-24(14-33-27)37-13-11-19-21(15-37)29(19,16-31)20-7-3-4-8-22(20)30;23-15-4-2-1-3-13(15)22(11-24)12-6-8-32(10-14(12)22)17-9-27-19-18(30-31-20(19)29-17)16-5-7-26-21(25)28-16/h3-10,12,14,17,21,23H,11,13,15-16,32H2,1-2H3,(H,35,36,37);3-10,12,14,19,21H,2,11,13,15-16,31H2,1H3,(H,34,35,36);1-5,7,9,12,14H,6,8,10-11,24H2,(H2,25,26,28)(H,29,30,31)/t17?,21-,23+,30-;19-,21+,29-;12-,14+,22-/m111/s1. The summed E-state index contributed by atoms with van der Waals surface area (Å²) in [6.07, 6.45) is 13.3. The molecule has 0 radical (unpaired) electrons. The first-order valence-electron chi connectivity index (χ1n) is 37.1. The fourth-order valence-electron chi connectivity index (χ4n) is 18.9. The Morgan fingerprint density at radius 1 is 0.468 bits per heavy atom. The lowest BCUT2D eigenvalue weighted by molar-refractivity contribution is 0.120. The Balaban J connectivity index is 0.000000116. The summed E-state index contributed by atoms with van der Waals surface area (Å²) in [6.45, 7) is 10.6. The number of benzene rings is 5. The summed E-state index contributed by atoms with van der Waals surface area (Å²) in [5, 5.41) is 24.6. The molecule has 11 N–H and O–H groups in total. The number of hydrogen-bond acceptors (Lipinski definition) is 22. The smallest absolute Gasteiger partial charge is 0.220 e. The normalized spacial score (nSPS) is 23.4. The summed E-state index contributed by atoms with van der Waals surface area (Å²) in [7, 11) is 1.70. The zero-order chi connectivity index (χ0) is 74.5. The molecule has 28 heteroatoms. The van der Waals surface area contributed by atoms with Gasteiger partial charge in [-0.1, -0.05) is 78.9 Å². The highest BCUT2D eigenvalue weighted by molar-refractivity contribution is 6.03. The molecule has 12 heterocycles. The van der Waals surface area contributed by atoms with E-state index in [0.717, 1.165) is 148 Å². The van der Waals surface area contributed by atoms with E-state index in [4.69, 9.17) is 57.3 Å². The molecule has 9 aromatic heterocycles. The number of nitrogens with two attached hydrogens (primary N) is 4. The number of ether oxygens (including phenoxy) is 2. The highest BCUT2D eigenvalue weighted by Gasteiger charge is 2.68. The molecule has 109 heavy (non-hydrogen) atoms. The third-order valence-corrected chi connectivity index (χ3v) is 24.4. The fourth-order valence-corrected chi connectivity index (χ4v) is 18.9. The van der Waals surface area contributed by atoms with E-state index in [1.165, 1.54) is 18.2 Å². The van der Waals surface area contributed by atoms with Crippen LogP contribution in [0.5, 0.6) is 5.75 Å². The molecule has 3 saturated carbocycles. The molecule has 20 rings (SSSR count). The number of piperidine rings is 3. The summed E-state index contributed by atoms with van der Waals surface area (Å²) >= 11 is 0. The lowest BCUT2D eigenvalue weighted by atomic mass is 9.91. The van der Waals surface area contributed by atoms with Crippen molar-refractivity contribution in [2.75, 3.05) is 93.1 Å². The number of fused-ring (bicyclic) bond motifs is 8. The Morgan fingerprint density at radius 3 is 1.32 bits per heavy atom. The van der Waals surface area contributed by atoms with Gasteiger partial charge in [-0.05, 0) is 134 Å². The molecule has 552 valence electrons. The maximum absolute atomic E-state index is 14.8. The van der Waals surface area contributed by atoms with Crippen molar-refractivity contribution >= 4 is 78.7 Å². The molecule has 3 aliphatic carbocycles. The van der Waals surface area contributed by atoms with Crippen molar-refractivity contribution in [1.82, 2.24) is 80.4 Å². The topological polar surface area (TPSA) is 347 Å². The Bertz CT molecular complexity index is 5800. The zero-order valence-corrected chi connectivity index (χ0v) is 60.2. The highest BCUT2D eigenvalue weighted by atomic mass is 19.1. The van der Waals surface area contributed by atoms with E-state index in [9.17, 15) is 13.2 Å². The average Bonchev–Trinajstić information content (AvgIpc) is 1.54. The molecule has 6 fully saturated rings. The maximum Gasteiger partial charge on any atom is 0.220 e. The quantitative estimate of drug-likeness (QED) is 0.0472. The molecular weight excluding hydrogens is 1380 g/mol. The van der Waals surface area contributed by atoms with Crippen LogP contribution in [0.2, 0.25) is 0 Å². The third kappa shape index (κ3) is 11.4. The molecular formula is C81H80F3N23O2. The van der Waals surface area contributed by atoms with Crippen LogP contribution in [-0.2, 0) is 21.0 Å². The molecule has 14 aromatic rings. The van der Waals surface area contributed by atoms with Crippen molar-refractivity contribution in [3.8, 4) is 39.7 Å². The number of H-pyrrole nitrogens is 3. The fraction of sp³-hybridized carbons (Fsp3) is 0.321. The molecule has 6 aliphatic rings. The van der Waals surface area contributed by atoms with Crippen molar-refractivity contribution in [3.05, 3.63) is 204 Å². The van der Waals surface area contributed by atoms with E-state index in [-0.39, 0.29) is 63.5 Å². The van der Waals surface area contributed by atoms with Crippen molar-refractivity contribution < 1.29 is 22.6 Å². The number of hydrogen-bond donors (Lipinski definition) is 7. The Hall–Kier alpha value is -11.7. The molecule has 0 bridgehead atoms. The molecule has 3 saturated heterocycles. The van der Waals surface area contributed by atoms with Gasteiger partial charge in [0.2, 0.25) is 22.9 Å². The second-order valence-electron chi connectivity index (χ2n) is 29.2. The van der Waals surface area contributed by atoms with Gasteiger partial charge in [0.25, 0.3) is 0 Å². The number of nitrogens with one attached hydrogen (secondary N) is 3. The number of aromatic nitrogens is 16. The lowest BCUT2D eigenvalue weighted by Crippen LogP contribution is -2.32. The van der Waals surface area contributed by atoms with E-state index in [1.54, 1.807) is 56.2 Å². The minimum absolute atomic E-state index is 0.0793. The predicted molar refractivity (Wildman–Crippen MR) is 411 cm³/mol. The van der Waals surface area contributed by atoms with Crippen molar-refractivity contribution in [3.63, 3.8) is 0 Å². The van der Waals surface area contributed by atoms with Crippen LogP contribution in [-0.4, -0.2) is 153 Å². The number of aromatic amines is 3. The molecule has 3 aliphatic heterocycles. The second kappa shape index (κ2) is 27.5. The largest absolute Gasteiger partial charge is 0.492 e. The highest BCUT2D eigenvalue weighted by Crippen LogP contribution is 2.66. The minimum atomic E-state index is -0.307. The number of pyridine rings is 2. The van der Waals surface area contributed by atoms with Gasteiger partial charge in [0.15, 0.2) is 0 Å². The molecule has 5 aromatic carbocycles. The van der Waals surface area contributed by atoms with Gasteiger partial charge in [0.1, 0.15) is 68.4 Å². The Morgan fingerprint density at radius 2 is 0.890 bits per heavy atom. The first kappa shape index (κ1) is 69.0. The summed E-state index contributed by atoms with van der Waals surface area (Å²) in [4.78, 5) is 52.7. The molecule has 0 amide bonds. The molecule has 25 nitrogen and oxygen atoms in total. The van der Waals surface area contributed by atoms with Gasteiger partial charge in [0.05, 0.1) is 53.9 Å². The number of nitrogens with zero attached hydrogens (tertiary/aromatic N) is 16. The minimum Gasteiger partial charge on any atom is -0.492 e. The number of rotatable bonds is 16. The zero-order valence-electron chi connectivity index (χ0n) is 60.2. The SMILES string of the molecule is CCOc1ccc(-c2[nH]nc3nc(N4CC[C@@H]5[C@H](C4)[C@@]5(CN)c4ccccc4F)cnc23)c2cccnc12.COC(C)c1ccc(-c2[nH]nc3nc(N4CC[C@@H]5[C@H](C4)[C@@]5(CN)c4ccccc4F)cnc23)c2cccnc12.NC[C@]1(c2ccccc2F)[C@@H]2CCN(c3cnc4c(-c5ccnc(N)n5)[nH]nc4n3)C[C@@H]21. The molecule has 10 atom stereocenters. The Labute approximate surface area is 624 Å². The van der Waals surface area contributed by atoms with Crippen LogP contribution in [0, 0.1) is 53.0 Å². The van der Waals surface area contributed by atoms with Gasteiger partial charge in [-0.3, -0.25) is 25.3 Å². The third-order valence-electron chi connectivity index (χ3n) is 24.4.